The molecule has 0 aliphatic heterocycles. The molecular formula is C12H15ClN2O4. The number of carboxylic acids is 1. The summed E-state index contributed by atoms with van der Waals surface area (Å²) >= 11 is 5.81. The molecule has 1 rings (SSSR count). The normalized spacial score (nSPS) is 10.9. The van der Waals surface area contributed by atoms with Crippen LogP contribution in [0, 0.1) is 0 Å². The van der Waals surface area contributed by atoms with Crippen molar-refractivity contribution in [2.75, 3.05) is 5.32 Å². The van der Waals surface area contributed by atoms with E-state index < -0.39 is 17.7 Å². The number of carbonyl (C=O) groups is 2. The molecule has 0 unspecified atom stereocenters. The van der Waals surface area contributed by atoms with Gasteiger partial charge in [-0.25, -0.2) is 9.78 Å². The number of aliphatic carboxylic acids is 1. The Labute approximate surface area is 115 Å². The summed E-state index contributed by atoms with van der Waals surface area (Å²) in [6.45, 7) is 5.20. The Morgan fingerprint density at radius 2 is 2.05 bits per heavy atom. The number of ether oxygens (including phenoxy) is 1. The number of carbonyl (C=O) groups excluding carboxylic acids is 1. The van der Waals surface area contributed by atoms with Crippen LogP contribution in [0.4, 0.5) is 10.6 Å². The van der Waals surface area contributed by atoms with Gasteiger partial charge in [0.05, 0.1) is 17.1 Å². The van der Waals surface area contributed by atoms with Crippen LogP contribution in [0.2, 0.25) is 5.02 Å². The van der Waals surface area contributed by atoms with Gasteiger partial charge in [0.1, 0.15) is 11.4 Å². The van der Waals surface area contributed by atoms with Crippen molar-refractivity contribution < 1.29 is 19.4 Å². The average molecular weight is 287 g/mol. The number of hydrogen-bond acceptors (Lipinski definition) is 4. The van der Waals surface area contributed by atoms with Gasteiger partial charge in [0.2, 0.25) is 0 Å². The minimum atomic E-state index is -1.05. The number of anilines is 1. The minimum Gasteiger partial charge on any atom is -0.481 e. The van der Waals surface area contributed by atoms with E-state index in [0.29, 0.717) is 0 Å². The summed E-state index contributed by atoms with van der Waals surface area (Å²) in [5, 5.41) is 11.4. The average Bonchev–Trinajstić information content (AvgIpc) is 2.19. The fourth-order valence-corrected chi connectivity index (χ4v) is 1.40. The van der Waals surface area contributed by atoms with Gasteiger partial charge in [-0.15, -0.1) is 0 Å². The predicted octanol–water partition coefficient (Wildman–Crippen LogP) is 2.71. The van der Waals surface area contributed by atoms with Crippen LogP contribution in [0.1, 0.15) is 26.5 Å². The van der Waals surface area contributed by atoms with E-state index >= 15 is 0 Å². The van der Waals surface area contributed by atoms with Crippen molar-refractivity contribution >= 4 is 29.5 Å². The van der Waals surface area contributed by atoms with Crippen LogP contribution < -0.4 is 5.32 Å². The third kappa shape index (κ3) is 5.56. The highest BCUT2D eigenvalue weighted by atomic mass is 35.5. The van der Waals surface area contributed by atoms with Crippen LogP contribution in [0.3, 0.4) is 0 Å². The number of nitrogens with one attached hydrogen (secondary N) is 1. The Bertz CT molecular complexity index is 497. The van der Waals surface area contributed by atoms with Crippen molar-refractivity contribution in [2.45, 2.75) is 32.8 Å². The maximum absolute atomic E-state index is 11.5. The number of nitrogens with zero attached hydrogens (tertiary/aromatic N) is 1. The molecular weight excluding hydrogens is 272 g/mol. The lowest BCUT2D eigenvalue weighted by Crippen LogP contribution is -2.27. The first-order valence-corrected chi connectivity index (χ1v) is 5.92. The largest absolute Gasteiger partial charge is 0.481 e. The number of carboxylic acid groups (broad SMARTS) is 1. The summed E-state index contributed by atoms with van der Waals surface area (Å²) in [6.07, 6.45) is -0.980. The second-order valence-corrected chi connectivity index (χ2v) is 5.23. The summed E-state index contributed by atoms with van der Waals surface area (Å²) < 4.78 is 5.05. The van der Waals surface area contributed by atoms with Gasteiger partial charge in [-0.3, -0.25) is 10.1 Å². The van der Waals surface area contributed by atoms with E-state index in [0.717, 1.165) is 0 Å². The maximum atomic E-state index is 11.5. The lowest BCUT2D eigenvalue weighted by molar-refractivity contribution is -0.136. The molecule has 0 radical (unpaired) electrons. The van der Waals surface area contributed by atoms with Gasteiger partial charge in [0.25, 0.3) is 0 Å². The maximum Gasteiger partial charge on any atom is 0.413 e. The SMILES string of the molecule is CC(C)(C)OC(=O)Nc1ccc(Cl)c(CC(=O)O)n1. The van der Waals surface area contributed by atoms with Crippen molar-refractivity contribution in [1.29, 1.82) is 0 Å². The Kier molecular flexibility index (Phi) is 4.72. The molecule has 1 aromatic heterocycles. The van der Waals surface area contributed by atoms with Gasteiger partial charge < -0.3 is 9.84 Å². The highest BCUT2D eigenvalue weighted by Gasteiger charge is 2.17. The highest BCUT2D eigenvalue weighted by Crippen LogP contribution is 2.18. The number of hydrogen-bond donors (Lipinski definition) is 2. The molecule has 0 saturated carbocycles. The Hall–Kier alpha value is -1.82. The third-order valence-electron chi connectivity index (χ3n) is 1.87. The van der Waals surface area contributed by atoms with Crippen LogP contribution in [-0.2, 0) is 16.0 Å². The van der Waals surface area contributed by atoms with Crippen LogP contribution in [-0.4, -0.2) is 27.8 Å². The number of aromatic nitrogens is 1. The zero-order chi connectivity index (χ0) is 14.6. The molecule has 1 aromatic rings. The van der Waals surface area contributed by atoms with Crippen LogP contribution in [0.5, 0.6) is 0 Å². The van der Waals surface area contributed by atoms with E-state index in [2.05, 4.69) is 10.3 Å². The van der Waals surface area contributed by atoms with E-state index in [1.807, 2.05) is 0 Å². The summed E-state index contributed by atoms with van der Waals surface area (Å²) in [7, 11) is 0. The van der Waals surface area contributed by atoms with E-state index in [9.17, 15) is 9.59 Å². The monoisotopic (exact) mass is 286 g/mol. The molecule has 0 bridgehead atoms. The molecule has 0 fully saturated rings. The molecule has 0 aliphatic carbocycles. The van der Waals surface area contributed by atoms with Crippen LogP contribution >= 0.6 is 11.6 Å². The molecule has 2 N–H and O–H groups in total. The summed E-state index contributed by atoms with van der Waals surface area (Å²) in [6, 6.07) is 2.94. The smallest absolute Gasteiger partial charge is 0.413 e. The van der Waals surface area contributed by atoms with E-state index in [-0.39, 0.29) is 23.0 Å². The topological polar surface area (TPSA) is 88.5 Å². The van der Waals surface area contributed by atoms with Crippen molar-refractivity contribution in [3.63, 3.8) is 0 Å². The lowest BCUT2D eigenvalue weighted by atomic mass is 10.2. The molecule has 7 heteroatoms. The Balaban J connectivity index is 2.79. The highest BCUT2D eigenvalue weighted by molar-refractivity contribution is 6.31. The van der Waals surface area contributed by atoms with Crippen molar-refractivity contribution in [2.24, 2.45) is 0 Å². The third-order valence-corrected chi connectivity index (χ3v) is 2.21. The Morgan fingerprint density at radius 3 is 2.58 bits per heavy atom. The van der Waals surface area contributed by atoms with Gasteiger partial charge in [0.15, 0.2) is 0 Å². The number of halogens is 1. The van der Waals surface area contributed by atoms with E-state index in [4.69, 9.17) is 21.4 Å². The molecule has 6 nitrogen and oxygen atoms in total. The summed E-state index contributed by atoms with van der Waals surface area (Å²) in [5.74, 6) is -0.862. The van der Waals surface area contributed by atoms with Crippen molar-refractivity contribution in [1.82, 2.24) is 4.98 Å². The van der Waals surface area contributed by atoms with E-state index in [1.165, 1.54) is 12.1 Å². The standard InChI is InChI=1S/C12H15ClN2O4/c1-12(2,3)19-11(18)15-9-5-4-7(13)8(14-9)6-10(16)17/h4-5H,6H2,1-3H3,(H,16,17)(H,14,15,18). The molecule has 104 valence electrons. The molecule has 0 atom stereocenters. The molecule has 0 spiro atoms. The second-order valence-electron chi connectivity index (χ2n) is 4.82. The molecule has 19 heavy (non-hydrogen) atoms. The zero-order valence-electron chi connectivity index (χ0n) is 10.9. The zero-order valence-corrected chi connectivity index (χ0v) is 11.6. The van der Waals surface area contributed by atoms with Gasteiger partial charge in [-0.1, -0.05) is 11.6 Å². The first kappa shape index (κ1) is 15.2. The lowest BCUT2D eigenvalue weighted by Gasteiger charge is -2.19. The molecule has 1 heterocycles. The first-order chi connectivity index (χ1) is 8.67. The van der Waals surface area contributed by atoms with Gasteiger partial charge in [-0.05, 0) is 32.9 Å². The number of rotatable bonds is 3. The van der Waals surface area contributed by atoms with Gasteiger partial charge in [-0.2, -0.15) is 0 Å². The number of amides is 1. The van der Waals surface area contributed by atoms with Crippen molar-refractivity contribution in [3.05, 3.63) is 22.8 Å². The Morgan fingerprint density at radius 1 is 1.42 bits per heavy atom. The summed E-state index contributed by atoms with van der Waals surface area (Å²) in [4.78, 5) is 26.1. The molecule has 0 aliphatic rings. The van der Waals surface area contributed by atoms with Gasteiger partial charge >= 0.3 is 12.1 Å². The first-order valence-electron chi connectivity index (χ1n) is 5.54. The van der Waals surface area contributed by atoms with Crippen molar-refractivity contribution in [3.8, 4) is 0 Å². The summed E-state index contributed by atoms with van der Waals surface area (Å²) in [5.41, 5.74) is -0.442. The van der Waals surface area contributed by atoms with E-state index in [1.54, 1.807) is 20.8 Å². The van der Waals surface area contributed by atoms with Crippen LogP contribution in [0.15, 0.2) is 12.1 Å². The fraction of sp³-hybridized carbons (Fsp3) is 0.417. The molecule has 0 saturated heterocycles. The van der Waals surface area contributed by atoms with Gasteiger partial charge in [0, 0.05) is 0 Å². The van der Waals surface area contributed by atoms with Crippen LogP contribution in [0.25, 0.3) is 0 Å². The second kappa shape index (κ2) is 5.88. The fourth-order valence-electron chi connectivity index (χ4n) is 1.23. The molecule has 1 amide bonds. The number of pyridine rings is 1. The predicted molar refractivity (Wildman–Crippen MR) is 70.4 cm³/mol. The minimum absolute atomic E-state index is 0.183. The molecule has 0 aromatic carbocycles. The quantitative estimate of drug-likeness (QED) is 0.892.